The van der Waals surface area contributed by atoms with Crippen LogP contribution in [0.2, 0.25) is 0 Å². The molecular formula is C24H32N2O. The van der Waals surface area contributed by atoms with Gasteiger partial charge in [0.1, 0.15) is 0 Å². The summed E-state index contributed by atoms with van der Waals surface area (Å²) in [5.41, 5.74) is 4.43. The van der Waals surface area contributed by atoms with E-state index in [2.05, 4.69) is 53.7 Å². The lowest BCUT2D eigenvalue weighted by Crippen LogP contribution is -2.23. The summed E-state index contributed by atoms with van der Waals surface area (Å²) in [5, 5.41) is 4.86. The first-order valence-corrected chi connectivity index (χ1v) is 10.1. The first-order valence-electron chi connectivity index (χ1n) is 10.1. The van der Waals surface area contributed by atoms with E-state index in [1.807, 2.05) is 24.3 Å². The molecule has 0 N–H and O–H groups in total. The van der Waals surface area contributed by atoms with Gasteiger partial charge in [0.05, 0.1) is 11.4 Å². The Hall–Kier alpha value is -2.16. The van der Waals surface area contributed by atoms with Gasteiger partial charge in [-0.25, -0.2) is 4.68 Å². The molecule has 0 amide bonds. The van der Waals surface area contributed by atoms with E-state index in [1.165, 1.54) is 5.56 Å². The molecule has 0 bridgehead atoms. The van der Waals surface area contributed by atoms with Crippen LogP contribution >= 0.6 is 0 Å². The fourth-order valence-corrected chi connectivity index (χ4v) is 4.01. The minimum atomic E-state index is -0.0388. The lowest BCUT2D eigenvalue weighted by molar-refractivity contribution is 0.0945. The molecule has 0 saturated heterocycles. The van der Waals surface area contributed by atoms with Crippen LogP contribution in [0.5, 0.6) is 0 Å². The average molecular weight is 365 g/mol. The fourth-order valence-electron chi connectivity index (χ4n) is 4.01. The quantitative estimate of drug-likeness (QED) is 0.588. The molecule has 1 aliphatic rings. The van der Waals surface area contributed by atoms with Gasteiger partial charge < -0.3 is 0 Å². The number of nitrogens with zero attached hydrogens (tertiary/aromatic N) is 2. The van der Waals surface area contributed by atoms with Crippen molar-refractivity contribution < 1.29 is 4.79 Å². The summed E-state index contributed by atoms with van der Waals surface area (Å²) in [7, 11) is 0. The Labute approximate surface area is 163 Å². The van der Waals surface area contributed by atoms with Gasteiger partial charge >= 0.3 is 0 Å². The summed E-state index contributed by atoms with van der Waals surface area (Å²) in [6.45, 7) is 13.1. The second kappa shape index (κ2) is 7.46. The molecule has 1 aromatic heterocycles. The number of fused-ring (bicyclic) bond motifs is 1. The lowest BCUT2D eigenvalue weighted by atomic mass is 9.75. The Morgan fingerprint density at radius 2 is 1.85 bits per heavy atom. The number of carbonyl (C=O) groups is 1. The van der Waals surface area contributed by atoms with Crippen LogP contribution in [0.15, 0.2) is 42.5 Å². The van der Waals surface area contributed by atoms with E-state index in [1.54, 1.807) is 10.8 Å². The van der Waals surface area contributed by atoms with Crippen LogP contribution in [0.1, 0.15) is 82.3 Å². The van der Waals surface area contributed by atoms with E-state index in [0.29, 0.717) is 17.8 Å². The molecule has 0 unspecified atom stereocenters. The smallest absolute Gasteiger partial charge is 0.267 e. The first kappa shape index (κ1) is 19.6. The van der Waals surface area contributed by atoms with Crippen molar-refractivity contribution in [2.45, 2.75) is 66.2 Å². The largest absolute Gasteiger partial charge is 0.270 e. The predicted molar refractivity (Wildman–Crippen MR) is 112 cm³/mol. The van der Waals surface area contributed by atoms with Crippen molar-refractivity contribution >= 4 is 5.91 Å². The van der Waals surface area contributed by atoms with Gasteiger partial charge in [0.25, 0.3) is 5.91 Å². The third-order valence-corrected chi connectivity index (χ3v) is 5.50. The highest BCUT2D eigenvalue weighted by atomic mass is 16.2. The maximum atomic E-state index is 13.1. The highest BCUT2D eigenvalue weighted by molar-refractivity contribution is 5.91. The second-order valence-corrected chi connectivity index (χ2v) is 9.29. The third-order valence-electron chi connectivity index (χ3n) is 5.50. The summed E-state index contributed by atoms with van der Waals surface area (Å²) in [6.07, 6.45) is 5.93. The number of allylic oxidation sites excluding steroid dienone is 2. The maximum absolute atomic E-state index is 13.1. The highest BCUT2D eigenvalue weighted by Crippen LogP contribution is 2.46. The van der Waals surface area contributed by atoms with Crippen molar-refractivity contribution in [2.75, 3.05) is 0 Å². The molecule has 27 heavy (non-hydrogen) atoms. The average Bonchev–Trinajstić information content (AvgIpc) is 3.01. The molecular weight excluding hydrogens is 332 g/mol. The van der Waals surface area contributed by atoms with Crippen LogP contribution in [0.4, 0.5) is 0 Å². The van der Waals surface area contributed by atoms with E-state index in [0.717, 1.165) is 29.8 Å². The van der Waals surface area contributed by atoms with Crippen LogP contribution in [0.25, 0.3) is 11.3 Å². The fraction of sp³-hybridized carbons (Fsp3) is 0.500. The van der Waals surface area contributed by atoms with Gasteiger partial charge in [-0.2, -0.15) is 5.10 Å². The zero-order valence-electron chi connectivity index (χ0n) is 17.5. The van der Waals surface area contributed by atoms with Crippen LogP contribution in [0, 0.1) is 11.3 Å². The Bertz CT molecular complexity index is 837. The van der Waals surface area contributed by atoms with Gasteiger partial charge in [-0.1, -0.05) is 78.0 Å². The van der Waals surface area contributed by atoms with E-state index in [-0.39, 0.29) is 11.3 Å². The summed E-state index contributed by atoms with van der Waals surface area (Å²) < 4.78 is 1.69. The van der Waals surface area contributed by atoms with E-state index >= 15 is 0 Å². The molecule has 0 fully saturated rings. The molecule has 0 saturated carbocycles. The molecule has 3 nitrogen and oxygen atoms in total. The summed E-state index contributed by atoms with van der Waals surface area (Å²) in [5.74, 6) is 1.23. The van der Waals surface area contributed by atoms with E-state index < -0.39 is 0 Å². The van der Waals surface area contributed by atoms with Crippen LogP contribution in [0.3, 0.4) is 0 Å². The Morgan fingerprint density at radius 1 is 1.19 bits per heavy atom. The van der Waals surface area contributed by atoms with Crippen LogP contribution in [-0.2, 0) is 0 Å². The Kier molecular flexibility index (Phi) is 5.41. The van der Waals surface area contributed by atoms with Crippen molar-refractivity contribution in [2.24, 2.45) is 11.3 Å². The second-order valence-electron chi connectivity index (χ2n) is 9.29. The summed E-state index contributed by atoms with van der Waals surface area (Å²) in [6, 6.07) is 10.3. The minimum Gasteiger partial charge on any atom is -0.267 e. The number of benzene rings is 1. The summed E-state index contributed by atoms with van der Waals surface area (Å²) in [4.78, 5) is 13.1. The maximum Gasteiger partial charge on any atom is 0.270 e. The van der Waals surface area contributed by atoms with Gasteiger partial charge in [-0.15, -0.1) is 0 Å². The monoisotopic (exact) mass is 364 g/mol. The molecule has 2 aromatic rings. The molecule has 0 spiro atoms. The van der Waals surface area contributed by atoms with Gasteiger partial charge in [0, 0.05) is 23.1 Å². The van der Waals surface area contributed by atoms with Crippen LogP contribution in [-0.4, -0.2) is 15.7 Å². The molecule has 1 heterocycles. The standard InChI is InChI=1S/C24H32N2O/c1-16(2)19-13-12-17(3)21-22(18-10-8-7-9-11-18)25-26(23(19)21)20(27)14-15-24(4,5)6/h7-11,14-17,19H,12-13H2,1-6H3/b15-14+/t17-,19-/m1/s1. The highest BCUT2D eigenvalue weighted by Gasteiger charge is 2.35. The van der Waals surface area contributed by atoms with Gasteiger partial charge in [-0.3, -0.25) is 4.79 Å². The molecule has 144 valence electrons. The van der Waals surface area contributed by atoms with Crippen molar-refractivity contribution in [3.05, 3.63) is 53.7 Å². The third kappa shape index (κ3) is 4.07. The van der Waals surface area contributed by atoms with Gasteiger partial charge in [-0.05, 0) is 30.1 Å². The van der Waals surface area contributed by atoms with Gasteiger partial charge in [0.15, 0.2) is 0 Å². The van der Waals surface area contributed by atoms with Crippen molar-refractivity contribution in [1.82, 2.24) is 9.78 Å². The van der Waals surface area contributed by atoms with Gasteiger partial charge in [0.2, 0.25) is 0 Å². The van der Waals surface area contributed by atoms with E-state index in [4.69, 9.17) is 5.10 Å². The molecule has 0 radical (unpaired) electrons. The topological polar surface area (TPSA) is 34.9 Å². The first-order chi connectivity index (χ1) is 12.7. The molecule has 3 rings (SSSR count). The van der Waals surface area contributed by atoms with E-state index in [9.17, 15) is 4.79 Å². The normalized spacial score (nSPS) is 20.3. The minimum absolute atomic E-state index is 0.0319. The SMILES string of the molecule is CC(C)[C@H]1CC[C@@H](C)c2c(-c3ccccc3)nn(C(=O)/C=C/C(C)(C)C)c21. The number of hydrogen-bond acceptors (Lipinski definition) is 2. The molecule has 1 aliphatic carbocycles. The molecule has 2 atom stereocenters. The van der Waals surface area contributed by atoms with Crippen LogP contribution < -0.4 is 0 Å². The number of aromatic nitrogens is 2. The Balaban J connectivity index is 2.19. The molecule has 0 aliphatic heterocycles. The molecule has 1 aromatic carbocycles. The molecule has 3 heteroatoms. The Morgan fingerprint density at radius 3 is 2.44 bits per heavy atom. The summed E-state index contributed by atoms with van der Waals surface area (Å²) >= 11 is 0. The number of carbonyl (C=O) groups excluding carboxylic acids is 1. The van der Waals surface area contributed by atoms with Crippen molar-refractivity contribution in [3.8, 4) is 11.3 Å². The number of hydrogen-bond donors (Lipinski definition) is 0. The van der Waals surface area contributed by atoms with Crippen molar-refractivity contribution in [3.63, 3.8) is 0 Å². The zero-order valence-corrected chi connectivity index (χ0v) is 17.5. The predicted octanol–water partition coefficient (Wildman–Crippen LogP) is 6.43. The lowest BCUT2D eigenvalue weighted by Gasteiger charge is -2.30. The van der Waals surface area contributed by atoms with Crippen molar-refractivity contribution in [1.29, 1.82) is 0 Å². The number of rotatable bonds is 3. The zero-order chi connectivity index (χ0) is 19.8.